The van der Waals surface area contributed by atoms with Crippen LogP contribution in [0.25, 0.3) is 16.7 Å². The van der Waals surface area contributed by atoms with Gasteiger partial charge in [0.25, 0.3) is 11.1 Å². The summed E-state index contributed by atoms with van der Waals surface area (Å²) in [5, 5.41) is 9.63. The third-order valence-electron chi connectivity index (χ3n) is 4.98. The highest BCUT2D eigenvalue weighted by atomic mass is 16.7. The van der Waals surface area contributed by atoms with Crippen molar-refractivity contribution in [2.24, 2.45) is 0 Å². The minimum absolute atomic E-state index is 0.107. The Balaban J connectivity index is 1.81. The van der Waals surface area contributed by atoms with Crippen molar-refractivity contribution in [1.29, 1.82) is 5.26 Å². The first-order valence-electron chi connectivity index (χ1n) is 8.91. The number of ether oxygens (including phenoxy) is 2. The Morgan fingerprint density at radius 3 is 2.76 bits per heavy atom. The second kappa shape index (κ2) is 6.21. The van der Waals surface area contributed by atoms with Gasteiger partial charge in [-0.15, -0.1) is 0 Å². The first-order valence-corrected chi connectivity index (χ1v) is 8.91. The Hall–Kier alpha value is -4.12. The number of hydrogen-bond acceptors (Lipinski definition) is 6. The van der Waals surface area contributed by atoms with Crippen molar-refractivity contribution in [1.82, 2.24) is 14.0 Å². The Morgan fingerprint density at radius 1 is 1.10 bits per heavy atom. The van der Waals surface area contributed by atoms with Gasteiger partial charge in [0, 0.05) is 6.20 Å². The lowest BCUT2D eigenvalue weighted by Crippen LogP contribution is -2.28. The van der Waals surface area contributed by atoms with Crippen molar-refractivity contribution in [2.45, 2.75) is 13.5 Å². The van der Waals surface area contributed by atoms with Crippen molar-refractivity contribution < 1.29 is 9.47 Å². The van der Waals surface area contributed by atoms with Crippen LogP contribution in [0.3, 0.4) is 0 Å². The van der Waals surface area contributed by atoms with E-state index >= 15 is 0 Å². The minimum atomic E-state index is -0.498. The number of aromatic nitrogens is 3. The fourth-order valence-corrected chi connectivity index (χ4v) is 3.53. The molecular formula is C21H14N4O4. The summed E-state index contributed by atoms with van der Waals surface area (Å²) in [6.07, 6.45) is 1.62. The highest BCUT2D eigenvalue weighted by molar-refractivity contribution is 5.78. The van der Waals surface area contributed by atoms with Gasteiger partial charge in [-0.3, -0.25) is 18.6 Å². The van der Waals surface area contributed by atoms with Gasteiger partial charge in [-0.05, 0) is 42.3 Å². The third kappa shape index (κ3) is 2.56. The molecule has 0 unspecified atom stereocenters. The van der Waals surface area contributed by atoms with Crippen LogP contribution < -0.4 is 20.6 Å². The molecule has 1 aliphatic heterocycles. The molecule has 0 bridgehead atoms. The van der Waals surface area contributed by atoms with Crippen LogP contribution in [0.5, 0.6) is 11.5 Å². The second-order valence-corrected chi connectivity index (χ2v) is 6.79. The largest absolute Gasteiger partial charge is 0.454 e. The van der Waals surface area contributed by atoms with E-state index in [-0.39, 0.29) is 35.5 Å². The maximum Gasteiger partial charge on any atom is 0.270 e. The second-order valence-electron chi connectivity index (χ2n) is 6.79. The molecule has 8 nitrogen and oxygen atoms in total. The van der Waals surface area contributed by atoms with E-state index in [9.17, 15) is 14.9 Å². The van der Waals surface area contributed by atoms with E-state index in [0.29, 0.717) is 17.1 Å². The van der Waals surface area contributed by atoms with Gasteiger partial charge in [0.1, 0.15) is 17.3 Å². The zero-order chi connectivity index (χ0) is 20.1. The highest BCUT2D eigenvalue weighted by Crippen LogP contribution is 2.32. The van der Waals surface area contributed by atoms with Gasteiger partial charge in [0.2, 0.25) is 6.79 Å². The van der Waals surface area contributed by atoms with Crippen LogP contribution in [-0.4, -0.2) is 20.7 Å². The first-order chi connectivity index (χ1) is 14.1. The van der Waals surface area contributed by atoms with E-state index in [2.05, 4.69) is 4.98 Å². The third-order valence-corrected chi connectivity index (χ3v) is 4.98. The van der Waals surface area contributed by atoms with Gasteiger partial charge in [0.15, 0.2) is 17.1 Å². The van der Waals surface area contributed by atoms with Gasteiger partial charge < -0.3 is 9.47 Å². The van der Waals surface area contributed by atoms with Crippen molar-refractivity contribution in [3.63, 3.8) is 0 Å². The summed E-state index contributed by atoms with van der Waals surface area (Å²) >= 11 is 0. The quantitative estimate of drug-likeness (QED) is 0.489. The van der Waals surface area contributed by atoms with Crippen LogP contribution in [0, 0.1) is 18.3 Å². The van der Waals surface area contributed by atoms with E-state index in [1.807, 2.05) is 25.1 Å². The van der Waals surface area contributed by atoms with Crippen LogP contribution >= 0.6 is 0 Å². The molecule has 0 fully saturated rings. The minimum Gasteiger partial charge on any atom is -0.454 e. The van der Waals surface area contributed by atoms with Gasteiger partial charge >= 0.3 is 0 Å². The van der Waals surface area contributed by atoms with Crippen LogP contribution in [0.15, 0.2) is 52.2 Å². The fraction of sp³-hybridized carbons (Fsp3) is 0.143. The lowest BCUT2D eigenvalue weighted by atomic mass is 10.1. The molecule has 0 N–H and O–H groups in total. The molecule has 29 heavy (non-hydrogen) atoms. The highest BCUT2D eigenvalue weighted by Gasteiger charge is 2.18. The molecule has 4 aromatic rings. The average Bonchev–Trinajstić information content (AvgIpc) is 3.19. The van der Waals surface area contributed by atoms with E-state index in [1.54, 1.807) is 24.4 Å². The number of aryl methyl sites for hydroxylation is 1. The van der Waals surface area contributed by atoms with E-state index < -0.39 is 5.56 Å². The maximum absolute atomic E-state index is 13.0. The van der Waals surface area contributed by atoms with Crippen molar-refractivity contribution in [2.75, 3.05) is 6.79 Å². The summed E-state index contributed by atoms with van der Waals surface area (Å²) in [7, 11) is 0. The summed E-state index contributed by atoms with van der Waals surface area (Å²) in [6.45, 7) is 2.13. The molecule has 0 aliphatic carbocycles. The standard InChI is InChI=1S/C21H14N4O4/c1-12-3-2-6-24-18(12)23-19-15(21(24)27)8-14(9-22)20(26)25(19)10-13-4-5-16-17(7-13)29-11-28-16/h2-8H,10-11H2,1H3. The molecule has 0 amide bonds. The van der Waals surface area contributed by atoms with E-state index in [1.165, 1.54) is 15.0 Å². The zero-order valence-electron chi connectivity index (χ0n) is 15.4. The Labute approximate surface area is 163 Å². The smallest absolute Gasteiger partial charge is 0.270 e. The summed E-state index contributed by atoms with van der Waals surface area (Å²) in [5.74, 6) is 1.22. The molecular weight excluding hydrogens is 372 g/mol. The Bertz CT molecular complexity index is 1480. The normalized spacial score (nSPS) is 12.4. The molecule has 3 aromatic heterocycles. The number of nitrogens with zero attached hydrogens (tertiary/aromatic N) is 4. The van der Waals surface area contributed by atoms with Gasteiger partial charge in [0.05, 0.1) is 11.9 Å². The number of hydrogen-bond donors (Lipinski definition) is 0. The topological polar surface area (TPSA) is 98.6 Å². The van der Waals surface area contributed by atoms with Gasteiger partial charge in [-0.25, -0.2) is 4.98 Å². The van der Waals surface area contributed by atoms with Crippen molar-refractivity contribution >= 4 is 16.7 Å². The Kier molecular flexibility index (Phi) is 3.64. The molecule has 1 aliphatic rings. The summed E-state index contributed by atoms with van der Waals surface area (Å²) in [4.78, 5) is 30.6. The van der Waals surface area contributed by atoms with Crippen LogP contribution in [0.1, 0.15) is 16.7 Å². The predicted octanol–water partition coefficient (Wildman–Crippen LogP) is 1.97. The lowest BCUT2D eigenvalue weighted by molar-refractivity contribution is 0.174. The average molecular weight is 386 g/mol. The van der Waals surface area contributed by atoms with Gasteiger partial charge in [-0.2, -0.15) is 5.26 Å². The fourth-order valence-electron chi connectivity index (χ4n) is 3.53. The van der Waals surface area contributed by atoms with Gasteiger partial charge in [-0.1, -0.05) is 12.1 Å². The molecule has 142 valence electrons. The van der Waals surface area contributed by atoms with E-state index in [4.69, 9.17) is 9.47 Å². The molecule has 8 heteroatoms. The zero-order valence-corrected chi connectivity index (χ0v) is 15.4. The Morgan fingerprint density at radius 2 is 1.93 bits per heavy atom. The lowest BCUT2D eigenvalue weighted by Gasteiger charge is -2.12. The number of pyridine rings is 2. The first kappa shape index (κ1) is 17.0. The van der Waals surface area contributed by atoms with Crippen LogP contribution in [-0.2, 0) is 6.54 Å². The number of rotatable bonds is 2. The van der Waals surface area contributed by atoms with Crippen LogP contribution in [0.4, 0.5) is 0 Å². The number of benzene rings is 1. The van der Waals surface area contributed by atoms with E-state index in [0.717, 1.165) is 11.1 Å². The molecule has 0 saturated carbocycles. The monoisotopic (exact) mass is 386 g/mol. The molecule has 0 spiro atoms. The summed E-state index contributed by atoms with van der Waals surface area (Å²) in [5.41, 5.74) is 1.34. The maximum atomic E-state index is 13.0. The van der Waals surface area contributed by atoms with Crippen molar-refractivity contribution in [3.05, 3.63) is 80.0 Å². The van der Waals surface area contributed by atoms with Crippen LogP contribution in [0.2, 0.25) is 0 Å². The summed E-state index contributed by atoms with van der Waals surface area (Å²) in [6, 6.07) is 12.2. The molecule has 5 rings (SSSR count). The molecule has 0 radical (unpaired) electrons. The summed E-state index contributed by atoms with van der Waals surface area (Å²) < 4.78 is 13.5. The molecule has 1 aromatic carbocycles. The predicted molar refractivity (Wildman–Crippen MR) is 104 cm³/mol. The molecule has 0 atom stereocenters. The number of nitriles is 1. The number of fused-ring (bicyclic) bond motifs is 3. The SMILES string of the molecule is Cc1cccn2c(=O)c3cc(C#N)c(=O)n(Cc4ccc5c(c4)OCO5)c3nc12. The van der Waals surface area contributed by atoms with Crippen molar-refractivity contribution in [3.8, 4) is 17.6 Å². The molecule has 0 saturated heterocycles. The molecule has 4 heterocycles.